The maximum Gasteiger partial charge on any atom is 0.141 e. The third-order valence-corrected chi connectivity index (χ3v) is 4.46. The molecule has 2 aromatic carbocycles. The zero-order chi connectivity index (χ0) is 18.6. The molecule has 0 nitrogen and oxygen atoms in total. The summed E-state index contributed by atoms with van der Waals surface area (Å²) in [7, 11) is 0. The van der Waals surface area contributed by atoms with E-state index in [2.05, 4.69) is 42.7 Å². The quantitative estimate of drug-likeness (QED) is 0.374. The minimum Gasteiger partial charge on any atom is -0.205 e. The highest BCUT2D eigenvalue weighted by atomic mass is 35.5. The Morgan fingerprint density at radius 3 is 2.12 bits per heavy atom. The van der Waals surface area contributed by atoms with Crippen LogP contribution in [0.5, 0.6) is 0 Å². The van der Waals surface area contributed by atoms with Crippen molar-refractivity contribution in [1.29, 1.82) is 0 Å². The molecule has 0 saturated carbocycles. The molecule has 0 fully saturated rings. The summed E-state index contributed by atoms with van der Waals surface area (Å²) in [6.07, 6.45) is 9.04. The third-order valence-electron chi connectivity index (χ3n) is 4.17. The first kappa shape index (κ1) is 20.1. The number of unbranched alkanes of at least 4 members (excludes halogenated alkanes) is 5. The van der Waals surface area contributed by atoms with Gasteiger partial charge in [-0.2, -0.15) is 0 Å². The van der Waals surface area contributed by atoms with Gasteiger partial charge in [-0.25, -0.2) is 4.39 Å². The molecule has 2 aromatic rings. The first-order valence-corrected chi connectivity index (χ1v) is 9.63. The van der Waals surface area contributed by atoms with Crippen LogP contribution in [0.2, 0.25) is 5.02 Å². The standard InChI is InChI=1S/C24H24ClF/c1-2-3-4-5-6-7-10-20-13-15-21(16-14-20)11-8-9-12-22-17-18-24(26)23(25)19-22/h13-19H,2-7,10H2,1H3. The molecule has 0 N–H and O–H groups in total. The van der Waals surface area contributed by atoms with Crippen molar-refractivity contribution in [2.75, 3.05) is 0 Å². The summed E-state index contributed by atoms with van der Waals surface area (Å²) in [5, 5.41) is 0.0747. The van der Waals surface area contributed by atoms with E-state index in [1.807, 2.05) is 12.1 Å². The minimum absolute atomic E-state index is 0.0747. The summed E-state index contributed by atoms with van der Waals surface area (Å²) in [5.74, 6) is 11.1. The van der Waals surface area contributed by atoms with Crippen molar-refractivity contribution in [1.82, 2.24) is 0 Å². The molecule has 26 heavy (non-hydrogen) atoms. The van der Waals surface area contributed by atoms with Crippen molar-refractivity contribution in [3.05, 3.63) is 70.0 Å². The van der Waals surface area contributed by atoms with Crippen LogP contribution in [0.15, 0.2) is 42.5 Å². The Kier molecular flexibility index (Phi) is 8.82. The molecule has 0 aromatic heterocycles. The lowest BCUT2D eigenvalue weighted by Crippen LogP contribution is -1.86. The Morgan fingerprint density at radius 1 is 0.808 bits per heavy atom. The molecule has 0 aliphatic heterocycles. The Morgan fingerprint density at radius 2 is 1.42 bits per heavy atom. The fourth-order valence-electron chi connectivity index (χ4n) is 2.64. The van der Waals surface area contributed by atoms with E-state index in [1.165, 1.54) is 56.2 Å². The average molecular weight is 367 g/mol. The maximum absolute atomic E-state index is 13.1. The van der Waals surface area contributed by atoms with E-state index in [-0.39, 0.29) is 5.02 Å². The van der Waals surface area contributed by atoms with E-state index in [0.29, 0.717) is 5.56 Å². The van der Waals surface area contributed by atoms with Crippen molar-refractivity contribution in [2.45, 2.75) is 51.9 Å². The topological polar surface area (TPSA) is 0 Å². The van der Waals surface area contributed by atoms with Crippen LogP contribution in [0, 0.1) is 29.5 Å². The smallest absolute Gasteiger partial charge is 0.141 e. The third kappa shape index (κ3) is 7.35. The summed E-state index contributed by atoms with van der Waals surface area (Å²) in [6.45, 7) is 2.24. The molecule has 0 aliphatic rings. The van der Waals surface area contributed by atoms with Gasteiger partial charge >= 0.3 is 0 Å². The number of aryl methyl sites for hydroxylation is 1. The van der Waals surface area contributed by atoms with Crippen LogP contribution < -0.4 is 0 Å². The van der Waals surface area contributed by atoms with Gasteiger partial charge in [0.15, 0.2) is 0 Å². The molecule has 0 heterocycles. The fraction of sp³-hybridized carbons (Fsp3) is 0.333. The largest absolute Gasteiger partial charge is 0.205 e. The van der Waals surface area contributed by atoms with Gasteiger partial charge in [0.05, 0.1) is 5.02 Å². The van der Waals surface area contributed by atoms with Crippen LogP contribution in [0.1, 0.15) is 62.1 Å². The van der Waals surface area contributed by atoms with Gasteiger partial charge < -0.3 is 0 Å². The Balaban J connectivity index is 1.81. The van der Waals surface area contributed by atoms with Crippen LogP contribution in [0.3, 0.4) is 0 Å². The summed E-state index contributed by atoms with van der Waals surface area (Å²) in [6, 6.07) is 12.8. The van der Waals surface area contributed by atoms with Gasteiger partial charge in [-0.1, -0.05) is 74.6 Å². The van der Waals surface area contributed by atoms with Crippen LogP contribution in [0.4, 0.5) is 4.39 Å². The number of rotatable bonds is 7. The first-order valence-electron chi connectivity index (χ1n) is 9.25. The SMILES string of the molecule is CCCCCCCCc1ccc(C#CC#Cc2ccc(F)c(Cl)c2)cc1. The molecule has 0 unspecified atom stereocenters. The van der Waals surface area contributed by atoms with E-state index >= 15 is 0 Å². The molecule has 2 heteroatoms. The predicted octanol–water partition coefficient (Wildman–Crippen LogP) is 6.79. The molecule has 2 rings (SSSR count). The molecule has 0 amide bonds. The second kappa shape index (κ2) is 11.4. The van der Waals surface area contributed by atoms with Gasteiger partial charge in [-0.05, 0) is 60.6 Å². The second-order valence-electron chi connectivity index (χ2n) is 6.34. The van der Waals surface area contributed by atoms with Gasteiger partial charge in [-0.15, -0.1) is 0 Å². The molecular weight excluding hydrogens is 343 g/mol. The number of benzene rings is 2. The Hall–Kier alpha value is -2.22. The highest BCUT2D eigenvalue weighted by Gasteiger charge is 1.98. The van der Waals surface area contributed by atoms with Crippen LogP contribution >= 0.6 is 11.6 Å². The summed E-state index contributed by atoms with van der Waals surface area (Å²) < 4.78 is 13.1. The molecule has 134 valence electrons. The fourth-order valence-corrected chi connectivity index (χ4v) is 2.83. The number of hydrogen-bond donors (Lipinski definition) is 0. The number of hydrogen-bond acceptors (Lipinski definition) is 0. The zero-order valence-electron chi connectivity index (χ0n) is 15.2. The summed E-state index contributed by atoms with van der Waals surface area (Å²) in [5.41, 5.74) is 2.96. The van der Waals surface area contributed by atoms with Crippen molar-refractivity contribution in [2.24, 2.45) is 0 Å². The lowest BCUT2D eigenvalue weighted by molar-refractivity contribution is 0.607. The lowest BCUT2D eigenvalue weighted by atomic mass is 10.0. The first-order chi connectivity index (χ1) is 12.7. The zero-order valence-corrected chi connectivity index (χ0v) is 16.0. The molecule has 0 saturated heterocycles. The molecule has 0 bridgehead atoms. The minimum atomic E-state index is -0.440. The van der Waals surface area contributed by atoms with E-state index in [9.17, 15) is 4.39 Å². The molecule has 0 atom stereocenters. The maximum atomic E-state index is 13.1. The van der Waals surface area contributed by atoms with Crippen molar-refractivity contribution >= 4 is 11.6 Å². The second-order valence-corrected chi connectivity index (χ2v) is 6.75. The van der Waals surface area contributed by atoms with Gasteiger partial charge in [0.25, 0.3) is 0 Å². The van der Waals surface area contributed by atoms with E-state index in [4.69, 9.17) is 11.6 Å². The van der Waals surface area contributed by atoms with Gasteiger partial charge in [-0.3, -0.25) is 0 Å². The van der Waals surface area contributed by atoms with E-state index in [0.717, 1.165) is 12.0 Å². The van der Waals surface area contributed by atoms with Gasteiger partial charge in [0, 0.05) is 11.1 Å². The van der Waals surface area contributed by atoms with Gasteiger partial charge in [0.2, 0.25) is 0 Å². The number of halogens is 2. The Labute approximate surface area is 161 Å². The van der Waals surface area contributed by atoms with Crippen LogP contribution in [-0.4, -0.2) is 0 Å². The van der Waals surface area contributed by atoms with Gasteiger partial charge in [0.1, 0.15) is 5.82 Å². The van der Waals surface area contributed by atoms with E-state index in [1.54, 1.807) is 6.07 Å². The van der Waals surface area contributed by atoms with Crippen molar-refractivity contribution in [3.8, 4) is 23.7 Å². The van der Waals surface area contributed by atoms with E-state index < -0.39 is 5.82 Å². The highest BCUT2D eigenvalue weighted by molar-refractivity contribution is 6.30. The highest BCUT2D eigenvalue weighted by Crippen LogP contribution is 2.15. The predicted molar refractivity (Wildman–Crippen MR) is 109 cm³/mol. The lowest BCUT2D eigenvalue weighted by Gasteiger charge is -2.02. The van der Waals surface area contributed by atoms with Crippen LogP contribution in [0.25, 0.3) is 0 Å². The average Bonchev–Trinajstić information content (AvgIpc) is 2.65. The van der Waals surface area contributed by atoms with Crippen LogP contribution in [-0.2, 0) is 6.42 Å². The normalized spacial score (nSPS) is 9.81. The van der Waals surface area contributed by atoms with Crippen molar-refractivity contribution in [3.63, 3.8) is 0 Å². The summed E-state index contributed by atoms with van der Waals surface area (Å²) in [4.78, 5) is 0. The van der Waals surface area contributed by atoms with Crippen molar-refractivity contribution < 1.29 is 4.39 Å². The monoisotopic (exact) mass is 366 g/mol. The molecule has 0 spiro atoms. The Bertz CT molecular complexity index is 813. The molecule has 0 radical (unpaired) electrons. The molecular formula is C24H24ClF. The summed E-state index contributed by atoms with van der Waals surface area (Å²) >= 11 is 5.73. The molecule has 0 aliphatic carbocycles.